The molecule has 21 heavy (non-hydrogen) atoms. The highest BCUT2D eigenvalue weighted by Crippen LogP contribution is 2.63. The highest BCUT2D eigenvalue weighted by molar-refractivity contribution is 5.91. The Labute approximate surface area is 128 Å². The van der Waals surface area contributed by atoms with Crippen LogP contribution in [0.2, 0.25) is 0 Å². The van der Waals surface area contributed by atoms with E-state index >= 15 is 0 Å². The Kier molecular flexibility index (Phi) is 2.96. The number of hydrogen-bond donors (Lipinski definition) is 0. The highest BCUT2D eigenvalue weighted by Gasteiger charge is 2.58. The lowest BCUT2D eigenvalue weighted by molar-refractivity contribution is -0.122. The Morgan fingerprint density at radius 3 is 2.81 bits per heavy atom. The van der Waals surface area contributed by atoms with Gasteiger partial charge >= 0.3 is 0 Å². The van der Waals surface area contributed by atoms with Crippen LogP contribution in [0.4, 0.5) is 0 Å². The molecule has 3 fully saturated rings. The summed E-state index contributed by atoms with van der Waals surface area (Å²) in [6.45, 7) is 8.18. The second-order valence-electron chi connectivity index (χ2n) is 8.51. The van der Waals surface area contributed by atoms with Crippen molar-refractivity contribution in [1.82, 2.24) is 0 Å². The Balaban J connectivity index is 1.74. The first kappa shape index (κ1) is 14.0. The van der Waals surface area contributed by atoms with E-state index in [2.05, 4.69) is 20.8 Å². The Bertz CT molecular complexity index is 508. The summed E-state index contributed by atoms with van der Waals surface area (Å²) in [6.07, 6.45) is 8.72. The van der Waals surface area contributed by atoms with E-state index in [1.165, 1.54) is 24.8 Å². The van der Waals surface area contributed by atoms with Gasteiger partial charge in [0.25, 0.3) is 0 Å². The molecule has 0 spiro atoms. The van der Waals surface area contributed by atoms with Crippen molar-refractivity contribution in [3.8, 4) is 0 Å². The number of allylic oxidation sites excluding steroid dienone is 2. The smallest absolute Gasteiger partial charge is 0.155 e. The SMILES string of the molecule is C[C@@H]1CC2=CC(=O)CC[C@]2(C)[C@H]2CC[C@]3(C)OCC[C@H]3[C@H]12. The third-order valence-corrected chi connectivity index (χ3v) is 7.50. The predicted molar refractivity (Wildman–Crippen MR) is 82.9 cm³/mol. The average molecular weight is 288 g/mol. The minimum atomic E-state index is 0.136. The van der Waals surface area contributed by atoms with Gasteiger partial charge in [-0.25, -0.2) is 0 Å². The Hall–Kier alpha value is -0.630. The van der Waals surface area contributed by atoms with Crippen molar-refractivity contribution >= 4 is 5.78 Å². The van der Waals surface area contributed by atoms with Gasteiger partial charge in [-0.15, -0.1) is 0 Å². The van der Waals surface area contributed by atoms with Gasteiger partial charge in [0.1, 0.15) is 0 Å². The zero-order valence-corrected chi connectivity index (χ0v) is 13.7. The van der Waals surface area contributed by atoms with Crippen molar-refractivity contribution in [3.05, 3.63) is 11.6 Å². The van der Waals surface area contributed by atoms with E-state index in [1.54, 1.807) is 0 Å². The molecule has 2 saturated carbocycles. The average Bonchev–Trinajstić information content (AvgIpc) is 2.82. The minimum absolute atomic E-state index is 0.136. The molecule has 0 bridgehead atoms. The van der Waals surface area contributed by atoms with Gasteiger partial charge in [0, 0.05) is 13.0 Å². The van der Waals surface area contributed by atoms with Gasteiger partial charge in [-0.2, -0.15) is 0 Å². The van der Waals surface area contributed by atoms with Crippen LogP contribution in [0.1, 0.15) is 59.3 Å². The molecule has 2 heteroatoms. The van der Waals surface area contributed by atoms with Crippen LogP contribution in [0.5, 0.6) is 0 Å². The summed E-state index contributed by atoms with van der Waals surface area (Å²) in [7, 11) is 0. The molecule has 1 saturated heterocycles. The summed E-state index contributed by atoms with van der Waals surface area (Å²) in [5, 5.41) is 0. The molecule has 4 aliphatic rings. The quantitative estimate of drug-likeness (QED) is 0.669. The maximum absolute atomic E-state index is 11.9. The van der Waals surface area contributed by atoms with Crippen molar-refractivity contribution in [3.63, 3.8) is 0 Å². The fourth-order valence-corrected chi connectivity index (χ4v) is 6.31. The molecule has 116 valence electrons. The Morgan fingerprint density at radius 1 is 1.19 bits per heavy atom. The lowest BCUT2D eigenvalue weighted by Crippen LogP contribution is -2.54. The topological polar surface area (TPSA) is 26.3 Å². The summed E-state index contributed by atoms with van der Waals surface area (Å²) in [5.41, 5.74) is 1.89. The van der Waals surface area contributed by atoms with Gasteiger partial charge in [0.05, 0.1) is 5.60 Å². The van der Waals surface area contributed by atoms with Gasteiger partial charge in [-0.1, -0.05) is 19.4 Å². The predicted octanol–water partition coefficient (Wildman–Crippen LogP) is 4.14. The van der Waals surface area contributed by atoms with Gasteiger partial charge in [-0.05, 0) is 74.2 Å². The van der Waals surface area contributed by atoms with E-state index in [0.717, 1.165) is 43.6 Å². The van der Waals surface area contributed by atoms with E-state index in [0.29, 0.717) is 11.7 Å². The van der Waals surface area contributed by atoms with E-state index in [-0.39, 0.29) is 11.0 Å². The molecule has 0 unspecified atom stereocenters. The summed E-state index contributed by atoms with van der Waals surface area (Å²) in [4.78, 5) is 11.9. The number of ketones is 1. The summed E-state index contributed by atoms with van der Waals surface area (Å²) < 4.78 is 6.16. The third-order valence-electron chi connectivity index (χ3n) is 7.50. The fraction of sp³-hybridized carbons (Fsp3) is 0.842. The van der Waals surface area contributed by atoms with Crippen molar-refractivity contribution in [2.45, 2.75) is 64.9 Å². The van der Waals surface area contributed by atoms with Crippen molar-refractivity contribution in [1.29, 1.82) is 0 Å². The van der Waals surface area contributed by atoms with Crippen LogP contribution in [0.15, 0.2) is 11.6 Å². The van der Waals surface area contributed by atoms with Gasteiger partial charge in [-0.3, -0.25) is 4.79 Å². The molecule has 0 amide bonds. The van der Waals surface area contributed by atoms with Crippen LogP contribution in [0.3, 0.4) is 0 Å². The molecule has 1 aliphatic heterocycles. The largest absolute Gasteiger partial charge is 0.375 e. The number of fused-ring (bicyclic) bond motifs is 5. The monoisotopic (exact) mass is 288 g/mol. The summed E-state index contributed by atoms with van der Waals surface area (Å²) in [5.74, 6) is 3.36. The first-order chi connectivity index (χ1) is 9.94. The zero-order valence-electron chi connectivity index (χ0n) is 13.7. The van der Waals surface area contributed by atoms with Crippen LogP contribution in [-0.2, 0) is 9.53 Å². The lowest BCUT2D eigenvalue weighted by atomic mass is 9.46. The van der Waals surface area contributed by atoms with E-state index in [9.17, 15) is 4.79 Å². The second-order valence-corrected chi connectivity index (χ2v) is 8.51. The van der Waals surface area contributed by atoms with E-state index in [1.807, 2.05) is 6.08 Å². The molecular weight excluding hydrogens is 260 g/mol. The molecule has 0 aromatic heterocycles. The van der Waals surface area contributed by atoms with Crippen LogP contribution >= 0.6 is 0 Å². The molecular formula is C19H28O2. The number of carbonyl (C=O) groups excluding carboxylic acids is 1. The zero-order chi connectivity index (χ0) is 14.8. The lowest BCUT2D eigenvalue weighted by Gasteiger charge is -2.58. The summed E-state index contributed by atoms with van der Waals surface area (Å²) >= 11 is 0. The molecule has 0 radical (unpaired) electrons. The molecule has 4 rings (SSSR count). The van der Waals surface area contributed by atoms with Crippen LogP contribution in [0, 0.1) is 29.1 Å². The van der Waals surface area contributed by atoms with Crippen molar-refractivity contribution < 1.29 is 9.53 Å². The molecule has 0 N–H and O–H groups in total. The molecule has 2 nitrogen and oxygen atoms in total. The van der Waals surface area contributed by atoms with Gasteiger partial charge in [0.2, 0.25) is 0 Å². The Morgan fingerprint density at radius 2 is 2.00 bits per heavy atom. The summed E-state index contributed by atoms with van der Waals surface area (Å²) in [6, 6.07) is 0. The van der Waals surface area contributed by atoms with E-state index < -0.39 is 0 Å². The van der Waals surface area contributed by atoms with E-state index in [4.69, 9.17) is 4.74 Å². The highest BCUT2D eigenvalue weighted by atomic mass is 16.5. The molecule has 0 aromatic rings. The standard InChI is InChI=1S/C19H28O2/c1-12-10-13-11-14(20)4-7-18(13,2)15-5-8-19(3)16(17(12)15)6-9-21-19/h11-12,15-17H,4-10H2,1-3H3/t12-,15+,16+,17-,18+,19+/m1/s1. The maximum atomic E-state index is 11.9. The minimum Gasteiger partial charge on any atom is -0.375 e. The number of carbonyl (C=O) groups is 1. The van der Waals surface area contributed by atoms with Gasteiger partial charge < -0.3 is 4.74 Å². The third kappa shape index (κ3) is 1.84. The molecule has 3 aliphatic carbocycles. The molecule has 6 atom stereocenters. The van der Waals surface area contributed by atoms with Crippen LogP contribution in [0.25, 0.3) is 0 Å². The first-order valence-corrected chi connectivity index (χ1v) is 8.82. The number of ether oxygens (including phenoxy) is 1. The maximum Gasteiger partial charge on any atom is 0.155 e. The first-order valence-electron chi connectivity index (χ1n) is 8.82. The van der Waals surface area contributed by atoms with Crippen LogP contribution < -0.4 is 0 Å². The van der Waals surface area contributed by atoms with Crippen molar-refractivity contribution in [2.75, 3.05) is 6.61 Å². The van der Waals surface area contributed by atoms with Gasteiger partial charge in [0.15, 0.2) is 5.78 Å². The van der Waals surface area contributed by atoms with Crippen LogP contribution in [-0.4, -0.2) is 18.0 Å². The van der Waals surface area contributed by atoms with Crippen molar-refractivity contribution in [2.24, 2.45) is 29.1 Å². The molecule has 1 heterocycles. The number of rotatable bonds is 0. The fourth-order valence-electron chi connectivity index (χ4n) is 6.31. The normalized spacial score (nSPS) is 52.7. The number of hydrogen-bond acceptors (Lipinski definition) is 2. The molecule has 0 aromatic carbocycles. The second kappa shape index (κ2) is 4.44.